The first-order valence-corrected chi connectivity index (χ1v) is 8.80. The van der Waals surface area contributed by atoms with Crippen molar-refractivity contribution in [3.63, 3.8) is 0 Å². The summed E-state index contributed by atoms with van der Waals surface area (Å²) in [6, 6.07) is 9.47. The molecule has 0 saturated carbocycles. The number of benzene rings is 1. The van der Waals surface area contributed by atoms with Crippen LogP contribution < -0.4 is 0 Å². The van der Waals surface area contributed by atoms with Crippen molar-refractivity contribution >= 4 is 16.2 Å². The number of carbonyl (C=O) groups is 1. The lowest BCUT2D eigenvalue weighted by atomic mass is 10.1. The van der Waals surface area contributed by atoms with Crippen molar-refractivity contribution in [1.82, 2.24) is 8.61 Å². The molecule has 1 N–H and O–H groups in total. The van der Waals surface area contributed by atoms with Gasteiger partial charge in [-0.3, -0.25) is 4.79 Å². The van der Waals surface area contributed by atoms with Gasteiger partial charge < -0.3 is 5.11 Å². The Morgan fingerprint density at radius 3 is 2.59 bits per heavy atom. The Morgan fingerprint density at radius 2 is 2.05 bits per heavy atom. The van der Waals surface area contributed by atoms with E-state index in [1.165, 1.54) is 4.31 Å². The van der Waals surface area contributed by atoms with E-state index in [2.05, 4.69) is 0 Å². The molecule has 0 aliphatic carbocycles. The van der Waals surface area contributed by atoms with E-state index in [1.807, 2.05) is 37.3 Å². The lowest BCUT2D eigenvalue weighted by Gasteiger charge is -2.26. The number of carboxylic acids is 1. The smallest absolute Gasteiger partial charge is 0.318 e. The molecule has 122 valence electrons. The Hall–Kier alpha value is -1.44. The molecule has 0 bridgehead atoms. The standard InChI is InChI=1S/C15H22N2O4S/c1-13-7-9-16(11-13)22(20,21)17(12-15(18)19)10-8-14-5-3-2-4-6-14/h2-6,13H,7-12H2,1H3,(H,18,19). The zero-order chi connectivity index (χ0) is 16.2. The molecule has 1 aromatic rings. The van der Waals surface area contributed by atoms with Crippen LogP contribution in [0, 0.1) is 5.92 Å². The van der Waals surface area contributed by atoms with Gasteiger partial charge in [-0.05, 0) is 24.3 Å². The molecule has 1 atom stereocenters. The fraction of sp³-hybridized carbons (Fsp3) is 0.533. The SMILES string of the molecule is CC1CCN(S(=O)(=O)N(CCc2ccccc2)CC(=O)O)C1. The molecule has 1 saturated heterocycles. The van der Waals surface area contributed by atoms with Gasteiger partial charge in [0.2, 0.25) is 0 Å². The summed E-state index contributed by atoms with van der Waals surface area (Å²) in [5.74, 6) is -0.820. The molecule has 1 aliphatic rings. The summed E-state index contributed by atoms with van der Waals surface area (Å²) >= 11 is 0. The van der Waals surface area contributed by atoms with Crippen LogP contribution in [0.1, 0.15) is 18.9 Å². The number of rotatable bonds is 7. The second-order valence-corrected chi connectivity index (χ2v) is 7.65. The summed E-state index contributed by atoms with van der Waals surface area (Å²) in [5.41, 5.74) is 0.989. The highest BCUT2D eigenvalue weighted by atomic mass is 32.2. The van der Waals surface area contributed by atoms with Crippen LogP contribution >= 0.6 is 0 Å². The minimum Gasteiger partial charge on any atom is -0.480 e. The van der Waals surface area contributed by atoms with Crippen LogP contribution in [-0.4, -0.2) is 54.3 Å². The van der Waals surface area contributed by atoms with Gasteiger partial charge in [0, 0.05) is 19.6 Å². The third kappa shape index (κ3) is 4.28. The third-order valence-electron chi connectivity index (χ3n) is 3.84. The average molecular weight is 326 g/mol. The van der Waals surface area contributed by atoms with E-state index in [0.29, 0.717) is 25.4 Å². The second-order valence-electron chi connectivity index (χ2n) is 5.72. The summed E-state index contributed by atoms with van der Waals surface area (Å²) in [5, 5.41) is 9.01. The Morgan fingerprint density at radius 1 is 1.36 bits per heavy atom. The maximum atomic E-state index is 12.6. The molecule has 2 rings (SSSR count). The second kappa shape index (κ2) is 7.21. The lowest BCUT2D eigenvalue weighted by molar-refractivity contribution is -0.137. The van der Waals surface area contributed by atoms with Crippen molar-refractivity contribution in [1.29, 1.82) is 0 Å². The molecule has 0 spiro atoms. The van der Waals surface area contributed by atoms with Crippen molar-refractivity contribution in [2.75, 3.05) is 26.2 Å². The van der Waals surface area contributed by atoms with Crippen LogP contribution in [-0.2, 0) is 21.4 Å². The van der Waals surface area contributed by atoms with Crippen LogP contribution in [0.3, 0.4) is 0 Å². The summed E-state index contributed by atoms with van der Waals surface area (Å²) in [6.45, 7) is 2.60. The Labute approximate surface area is 131 Å². The summed E-state index contributed by atoms with van der Waals surface area (Å²) in [4.78, 5) is 11.0. The quantitative estimate of drug-likeness (QED) is 0.817. The van der Waals surface area contributed by atoms with Gasteiger partial charge in [0.15, 0.2) is 0 Å². The highest BCUT2D eigenvalue weighted by molar-refractivity contribution is 7.86. The highest BCUT2D eigenvalue weighted by Gasteiger charge is 2.34. The van der Waals surface area contributed by atoms with Gasteiger partial charge in [-0.2, -0.15) is 17.0 Å². The summed E-state index contributed by atoms with van der Waals surface area (Å²) in [6.07, 6.45) is 1.32. The summed E-state index contributed by atoms with van der Waals surface area (Å²) < 4.78 is 27.7. The van der Waals surface area contributed by atoms with Gasteiger partial charge in [0.1, 0.15) is 6.54 Å². The lowest BCUT2D eigenvalue weighted by Crippen LogP contribution is -2.45. The van der Waals surface area contributed by atoms with E-state index in [1.54, 1.807) is 0 Å². The first-order chi connectivity index (χ1) is 10.4. The molecule has 1 heterocycles. The van der Waals surface area contributed by atoms with E-state index in [0.717, 1.165) is 16.3 Å². The first-order valence-electron chi connectivity index (χ1n) is 7.40. The molecule has 1 unspecified atom stereocenters. The molecule has 1 aliphatic heterocycles. The van der Waals surface area contributed by atoms with Crippen molar-refractivity contribution in [2.45, 2.75) is 19.8 Å². The van der Waals surface area contributed by atoms with E-state index < -0.39 is 22.7 Å². The van der Waals surface area contributed by atoms with Gasteiger partial charge in [-0.25, -0.2) is 0 Å². The van der Waals surface area contributed by atoms with Crippen LogP contribution in [0.15, 0.2) is 30.3 Å². The van der Waals surface area contributed by atoms with E-state index in [9.17, 15) is 13.2 Å². The van der Waals surface area contributed by atoms with Crippen molar-refractivity contribution in [3.05, 3.63) is 35.9 Å². The number of hydrogen-bond acceptors (Lipinski definition) is 3. The van der Waals surface area contributed by atoms with Crippen molar-refractivity contribution in [2.24, 2.45) is 5.92 Å². The Kier molecular flexibility index (Phi) is 5.55. The zero-order valence-corrected chi connectivity index (χ0v) is 13.5. The molecular formula is C15H22N2O4S. The van der Waals surface area contributed by atoms with E-state index >= 15 is 0 Å². The molecule has 1 fully saturated rings. The molecule has 7 heteroatoms. The number of carboxylic acid groups (broad SMARTS) is 1. The molecule has 0 amide bonds. The minimum absolute atomic E-state index is 0.170. The highest BCUT2D eigenvalue weighted by Crippen LogP contribution is 2.21. The van der Waals surface area contributed by atoms with Gasteiger partial charge in [0.05, 0.1) is 0 Å². The summed E-state index contributed by atoms with van der Waals surface area (Å²) in [7, 11) is -3.71. The van der Waals surface area contributed by atoms with Gasteiger partial charge >= 0.3 is 5.97 Å². The van der Waals surface area contributed by atoms with Crippen molar-refractivity contribution in [3.8, 4) is 0 Å². The molecule has 22 heavy (non-hydrogen) atoms. The molecule has 6 nitrogen and oxygen atoms in total. The fourth-order valence-corrected chi connectivity index (χ4v) is 4.29. The largest absolute Gasteiger partial charge is 0.480 e. The maximum absolute atomic E-state index is 12.6. The van der Waals surface area contributed by atoms with E-state index in [4.69, 9.17) is 5.11 Å². The fourth-order valence-electron chi connectivity index (χ4n) is 2.59. The molecular weight excluding hydrogens is 304 g/mol. The Balaban J connectivity index is 2.09. The average Bonchev–Trinajstić information content (AvgIpc) is 2.91. The first kappa shape index (κ1) is 16.9. The molecule has 1 aromatic carbocycles. The predicted octanol–water partition coefficient (Wildman–Crippen LogP) is 1.20. The van der Waals surface area contributed by atoms with Crippen LogP contribution in [0.25, 0.3) is 0 Å². The van der Waals surface area contributed by atoms with Crippen molar-refractivity contribution < 1.29 is 18.3 Å². The number of hydrogen-bond donors (Lipinski definition) is 1. The molecule has 0 radical (unpaired) electrons. The van der Waals surface area contributed by atoms with Gasteiger partial charge in [-0.15, -0.1) is 0 Å². The van der Waals surface area contributed by atoms with Crippen LogP contribution in [0.4, 0.5) is 0 Å². The van der Waals surface area contributed by atoms with Gasteiger partial charge in [0.25, 0.3) is 10.2 Å². The predicted molar refractivity (Wildman–Crippen MR) is 83.6 cm³/mol. The van der Waals surface area contributed by atoms with Crippen LogP contribution in [0.2, 0.25) is 0 Å². The number of aliphatic carboxylic acids is 1. The Bertz CT molecular complexity index is 603. The normalized spacial score (nSPS) is 19.6. The molecule has 0 aromatic heterocycles. The topological polar surface area (TPSA) is 77.9 Å². The van der Waals surface area contributed by atoms with E-state index in [-0.39, 0.29) is 6.54 Å². The monoisotopic (exact) mass is 326 g/mol. The number of nitrogens with zero attached hydrogens (tertiary/aromatic N) is 2. The van der Waals surface area contributed by atoms with Gasteiger partial charge in [-0.1, -0.05) is 37.3 Å². The maximum Gasteiger partial charge on any atom is 0.318 e. The zero-order valence-electron chi connectivity index (χ0n) is 12.7. The minimum atomic E-state index is -3.71. The van der Waals surface area contributed by atoms with Crippen LogP contribution in [0.5, 0.6) is 0 Å². The third-order valence-corrected chi connectivity index (χ3v) is 5.79.